The minimum atomic E-state index is -1.34. The van der Waals surface area contributed by atoms with Crippen LogP contribution in [0.3, 0.4) is 0 Å². The van der Waals surface area contributed by atoms with Gasteiger partial charge in [0.15, 0.2) is 11.0 Å². The summed E-state index contributed by atoms with van der Waals surface area (Å²) in [5, 5.41) is 7.88. The first kappa shape index (κ1) is 10.9. The van der Waals surface area contributed by atoms with Crippen LogP contribution in [0.2, 0.25) is 10.3 Å². The smallest absolute Gasteiger partial charge is 0.340 e. The van der Waals surface area contributed by atoms with Crippen LogP contribution in [0.1, 0.15) is 10.4 Å². The van der Waals surface area contributed by atoms with Gasteiger partial charge >= 0.3 is 5.97 Å². The molecule has 13 heavy (non-hydrogen) atoms. The summed E-state index contributed by atoms with van der Waals surface area (Å²) in [5.41, 5.74) is -0.371. The van der Waals surface area contributed by atoms with Crippen LogP contribution >= 0.6 is 45.8 Å². The van der Waals surface area contributed by atoms with Crippen LogP contribution in [0.25, 0.3) is 0 Å². The molecule has 1 aromatic rings. The normalized spacial score (nSPS) is 10.2. The maximum atomic E-state index is 13.0. The Kier molecular flexibility index (Phi) is 3.31. The molecule has 1 aromatic heterocycles. The van der Waals surface area contributed by atoms with Crippen molar-refractivity contribution >= 4 is 51.8 Å². The minimum Gasteiger partial charge on any atom is -0.478 e. The number of hydrogen-bond acceptors (Lipinski definition) is 2. The van der Waals surface area contributed by atoms with Gasteiger partial charge in [-0.3, -0.25) is 0 Å². The number of rotatable bonds is 1. The molecule has 0 fully saturated rings. The number of pyridine rings is 1. The third-order valence-electron chi connectivity index (χ3n) is 1.21. The third kappa shape index (κ3) is 2.03. The molecule has 0 amide bonds. The average Bonchev–Trinajstić information content (AvgIpc) is 1.99. The quantitative estimate of drug-likeness (QED) is 0.634. The molecule has 0 aliphatic heterocycles. The second kappa shape index (κ2) is 3.93. The van der Waals surface area contributed by atoms with Crippen molar-refractivity contribution < 1.29 is 14.3 Å². The number of nitrogens with zero attached hydrogens (tertiary/aromatic N) is 1. The molecule has 0 aliphatic carbocycles. The van der Waals surface area contributed by atoms with Gasteiger partial charge in [-0.15, -0.1) is 0 Å². The maximum Gasteiger partial charge on any atom is 0.340 e. The summed E-state index contributed by atoms with van der Waals surface area (Å²) in [4.78, 5) is 13.9. The third-order valence-corrected chi connectivity index (χ3v) is 2.75. The Hall–Kier alpha value is -0.140. The molecular weight excluding hydrogens is 335 g/mol. The van der Waals surface area contributed by atoms with Crippen molar-refractivity contribution in [2.45, 2.75) is 0 Å². The Morgan fingerprint density at radius 3 is 2.46 bits per heavy atom. The van der Waals surface area contributed by atoms with Gasteiger partial charge in [-0.05, 0) is 22.6 Å². The number of aromatic nitrogens is 1. The van der Waals surface area contributed by atoms with Crippen LogP contribution in [-0.4, -0.2) is 16.1 Å². The van der Waals surface area contributed by atoms with Gasteiger partial charge in [0.2, 0.25) is 0 Å². The first-order valence-corrected chi connectivity index (χ1v) is 4.72. The summed E-state index contributed by atoms with van der Waals surface area (Å²) in [7, 11) is 0. The lowest BCUT2D eigenvalue weighted by Crippen LogP contribution is -2.05. The highest BCUT2D eigenvalue weighted by Gasteiger charge is 2.20. The van der Waals surface area contributed by atoms with Gasteiger partial charge < -0.3 is 5.11 Å². The number of halogens is 4. The summed E-state index contributed by atoms with van der Waals surface area (Å²) in [6, 6.07) is 0. The van der Waals surface area contributed by atoms with E-state index in [1.165, 1.54) is 22.6 Å². The van der Waals surface area contributed by atoms with Crippen molar-refractivity contribution in [2.24, 2.45) is 0 Å². The Labute approximate surface area is 96.0 Å². The van der Waals surface area contributed by atoms with E-state index >= 15 is 0 Å². The predicted octanol–water partition coefficient (Wildman–Crippen LogP) is 2.83. The second-order valence-corrected chi connectivity index (χ2v) is 3.80. The molecule has 0 atom stereocenters. The number of carboxylic acid groups (broad SMARTS) is 1. The molecule has 1 rings (SSSR count). The Morgan fingerprint density at radius 2 is 2.00 bits per heavy atom. The highest BCUT2D eigenvalue weighted by atomic mass is 127. The van der Waals surface area contributed by atoms with Crippen molar-refractivity contribution in [3.8, 4) is 0 Å². The van der Waals surface area contributed by atoms with E-state index in [1.54, 1.807) is 0 Å². The van der Waals surface area contributed by atoms with E-state index in [-0.39, 0.29) is 14.3 Å². The zero-order valence-electron chi connectivity index (χ0n) is 5.81. The second-order valence-electron chi connectivity index (χ2n) is 2.00. The molecule has 0 aliphatic rings. The van der Waals surface area contributed by atoms with Crippen LogP contribution < -0.4 is 0 Å². The van der Waals surface area contributed by atoms with E-state index in [1.807, 2.05) is 0 Å². The molecule has 1 heterocycles. The number of carbonyl (C=O) groups is 1. The Balaban J connectivity index is 3.53. The van der Waals surface area contributed by atoms with E-state index < -0.39 is 16.9 Å². The predicted molar refractivity (Wildman–Crippen MR) is 53.9 cm³/mol. The molecule has 0 saturated carbocycles. The first-order chi connectivity index (χ1) is 5.95. The zero-order valence-corrected chi connectivity index (χ0v) is 9.48. The zero-order chi connectivity index (χ0) is 10.2. The molecule has 0 unspecified atom stereocenters. The summed E-state index contributed by atoms with van der Waals surface area (Å²) < 4.78 is 12.9. The van der Waals surface area contributed by atoms with Crippen LogP contribution in [0.5, 0.6) is 0 Å². The monoisotopic (exact) mass is 335 g/mol. The largest absolute Gasteiger partial charge is 0.478 e. The summed E-state index contributed by atoms with van der Waals surface area (Å²) in [6.45, 7) is 0. The molecule has 0 radical (unpaired) electrons. The van der Waals surface area contributed by atoms with E-state index in [4.69, 9.17) is 28.3 Å². The van der Waals surface area contributed by atoms with Crippen LogP contribution in [0, 0.1) is 9.39 Å². The van der Waals surface area contributed by atoms with Crippen molar-refractivity contribution in [2.75, 3.05) is 0 Å². The molecule has 0 bridgehead atoms. The van der Waals surface area contributed by atoms with E-state index in [2.05, 4.69) is 4.98 Å². The standard InChI is InChI=1S/C6HCl2FINO2/c7-4-1(6(12)13)3(10)2(9)5(8)11-4/h(H,12,13). The van der Waals surface area contributed by atoms with Crippen molar-refractivity contribution in [3.05, 3.63) is 25.3 Å². The topological polar surface area (TPSA) is 50.2 Å². The number of aromatic carboxylic acids is 1. The Morgan fingerprint density at radius 1 is 1.46 bits per heavy atom. The SMILES string of the molecule is O=C(O)c1c(Cl)nc(Cl)c(F)c1I. The molecule has 0 aromatic carbocycles. The van der Waals surface area contributed by atoms with Crippen molar-refractivity contribution in [1.29, 1.82) is 0 Å². The first-order valence-electron chi connectivity index (χ1n) is 2.88. The van der Waals surface area contributed by atoms with Crippen LogP contribution in [0.4, 0.5) is 4.39 Å². The highest BCUT2D eigenvalue weighted by molar-refractivity contribution is 14.1. The lowest BCUT2D eigenvalue weighted by molar-refractivity contribution is 0.0695. The van der Waals surface area contributed by atoms with Crippen LogP contribution in [0.15, 0.2) is 0 Å². The number of carboxylic acids is 1. The molecule has 0 saturated heterocycles. The van der Waals surface area contributed by atoms with Gasteiger partial charge in [-0.1, -0.05) is 23.2 Å². The summed E-state index contributed by atoms with van der Waals surface area (Å²) in [5.74, 6) is -2.21. The number of hydrogen-bond donors (Lipinski definition) is 1. The maximum absolute atomic E-state index is 13.0. The fourth-order valence-corrected chi connectivity index (χ4v) is 2.21. The van der Waals surface area contributed by atoms with Gasteiger partial charge in [-0.25, -0.2) is 14.2 Å². The van der Waals surface area contributed by atoms with E-state index in [9.17, 15) is 9.18 Å². The Bertz CT molecular complexity index is 385. The van der Waals surface area contributed by atoms with Crippen molar-refractivity contribution in [3.63, 3.8) is 0 Å². The lowest BCUT2D eigenvalue weighted by Gasteiger charge is -2.03. The van der Waals surface area contributed by atoms with E-state index in [0.717, 1.165) is 0 Å². The van der Waals surface area contributed by atoms with Gasteiger partial charge in [0, 0.05) is 0 Å². The van der Waals surface area contributed by atoms with Gasteiger partial charge in [-0.2, -0.15) is 0 Å². The molecule has 7 heteroatoms. The van der Waals surface area contributed by atoms with Gasteiger partial charge in [0.1, 0.15) is 10.7 Å². The van der Waals surface area contributed by atoms with Gasteiger partial charge in [0.25, 0.3) is 0 Å². The molecular formula is C6HCl2FINO2. The molecule has 1 N–H and O–H groups in total. The molecule has 70 valence electrons. The summed E-state index contributed by atoms with van der Waals surface area (Å²) in [6.07, 6.45) is 0. The van der Waals surface area contributed by atoms with Crippen LogP contribution in [-0.2, 0) is 0 Å². The van der Waals surface area contributed by atoms with E-state index in [0.29, 0.717) is 0 Å². The minimum absolute atomic E-state index is 0.143. The fraction of sp³-hybridized carbons (Fsp3) is 0. The molecule has 0 spiro atoms. The molecule has 3 nitrogen and oxygen atoms in total. The lowest BCUT2D eigenvalue weighted by atomic mass is 10.3. The fourth-order valence-electron chi connectivity index (χ4n) is 0.664. The average molecular weight is 336 g/mol. The highest BCUT2D eigenvalue weighted by Crippen LogP contribution is 2.26. The summed E-state index contributed by atoms with van der Waals surface area (Å²) >= 11 is 12.3. The van der Waals surface area contributed by atoms with Gasteiger partial charge in [0.05, 0.1) is 3.57 Å². The van der Waals surface area contributed by atoms with Crippen molar-refractivity contribution in [1.82, 2.24) is 4.98 Å².